The molecule has 6 heterocycles. The van der Waals surface area contributed by atoms with E-state index in [0.717, 1.165) is 86.0 Å². The van der Waals surface area contributed by atoms with Crippen LogP contribution in [0.25, 0.3) is 0 Å². The summed E-state index contributed by atoms with van der Waals surface area (Å²) in [5, 5.41) is 12.4. The van der Waals surface area contributed by atoms with E-state index in [-0.39, 0.29) is 110 Å². The number of carbonyl (C=O) groups is 9. The number of piperidine rings is 3. The van der Waals surface area contributed by atoms with E-state index in [4.69, 9.17) is 24.1 Å². The maximum Gasteiger partial charge on any atom is 1.00 e. The number of carbonyl (C=O) groups excluding carboxylic acids is 8. The Kier molecular flexibility index (Phi) is 35.5. The zero-order chi connectivity index (χ0) is 80.2. The number of benzene rings is 6. The van der Waals surface area contributed by atoms with Crippen LogP contribution in [-0.2, 0) is 76.8 Å². The number of urea groups is 3. The number of aliphatic carboxylic acids is 1. The Morgan fingerprint density at radius 2 is 0.728 bits per heavy atom. The molecule has 0 saturated carbocycles. The number of methoxy groups -OCH3 is 5. The topological polar surface area (TPSA) is 288 Å². The average molecular weight is 1630 g/mol. The number of hydrogen-bond donors (Lipinski definition) is 2. The van der Waals surface area contributed by atoms with Crippen LogP contribution >= 0.6 is 15.9 Å². The molecule has 6 aromatic rings. The SMILES string of the molecule is C.COC(=O)Cc1cccc(Br)c1.COC(=O)Cc1cccc(N2CCC3(CC2)C(=O)N(CC(C)C)C(=O)N3CCc2ccc(OC)cc2)c1.COc1ccc(CCN2C(=O)N(CC(C)C)C(=O)C23CCN(c2cccc(CC(=O)O)c2)CC3)cc1.COc1ccc(CCN2C(=O)N(CC(C)C)C(=O)C23CCNCC3)cc1.[Li+].[OH-]. The molecular formula is C87H115BrLiN9O16. The summed E-state index contributed by atoms with van der Waals surface area (Å²) in [5.74, 6) is 1.53. The van der Waals surface area contributed by atoms with Crippen molar-refractivity contribution in [1.82, 2.24) is 34.7 Å². The van der Waals surface area contributed by atoms with Gasteiger partial charge in [-0.1, -0.05) is 138 Å². The molecule has 0 aliphatic carbocycles. The summed E-state index contributed by atoms with van der Waals surface area (Å²) in [6.07, 6.45) is 6.16. The third-order valence-corrected chi connectivity index (χ3v) is 21.9. The largest absolute Gasteiger partial charge is 1.00 e. The van der Waals surface area contributed by atoms with Crippen molar-refractivity contribution in [1.29, 1.82) is 0 Å². The van der Waals surface area contributed by atoms with Crippen LogP contribution in [0.1, 0.15) is 121 Å². The molecule has 6 fully saturated rings. The van der Waals surface area contributed by atoms with Crippen molar-refractivity contribution in [2.45, 2.75) is 143 Å². The summed E-state index contributed by atoms with van der Waals surface area (Å²) in [4.78, 5) is 129. The van der Waals surface area contributed by atoms with Gasteiger partial charge in [0.15, 0.2) is 0 Å². The number of rotatable bonds is 26. The van der Waals surface area contributed by atoms with E-state index in [1.54, 1.807) is 26.2 Å². The van der Waals surface area contributed by atoms with Gasteiger partial charge in [-0.25, -0.2) is 14.4 Å². The molecule has 6 aliphatic heterocycles. The summed E-state index contributed by atoms with van der Waals surface area (Å²) < 4.78 is 26.0. The number of nitrogens with zero attached hydrogens (tertiary/aromatic N) is 8. The molecule has 27 heteroatoms. The fraction of sp³-hybridized carbons (Fsp3) is 0.483. The third kappa shape index (κ3) is 23.2. The molecule has 12 rings (SSSR count). The molecule has 6 aromatic carbocycles. The van der Waals surface area contributed by atoms with Crippen molar-refractivity contribution in [3.63, 3.8) is 0 Å². The van der Waals surface area contributed by atoms with E-state index >= 15 is 0 Å². The van der Waals surface area contributed by atoms with Crippen LogP contribution in [0.3, 0.4) is 0 Å². The molecule has 25 nitrogen and oxygen atoms in total. The normalized spacial score (nSPS) is 16.6. The summed E-state index contributed by atoms with van der Waals surface area (Å²) in [5.41, 5.74) is 5.54. The number of hydrogen-bond acceptors (Lipinski definition) is 18. The Hall–Kier alpha value is -9.45. The Balaban J connectivity index is 0.000000247. The van der Waals surface area contributed by atoms with Gasteiger partial charge >= 0.3 is 54.9 Å². The minimum Gasteiger partial charge on any atom is -0.870 e. The molecule has 0 atom stereocenters. The standard InChI is InChI=1S/C29H37N3O5.C28H35N3O5.C20H29N3O3.C9H9BrO2.CH4.Li.H2O/c1-21(2)20-31-27(34)29(32(28(31)35)15-12-22-8-10-25(36-3)11-9-22)13-16-30(17-14-29)24-7-5-6-23(18-24)19-26(33)37-4;1-20(2)19-30-26(34)28(31(27(30)35)14-11-21-7-9-24(36-3)10-8-21)12-15-29(16-13-28)23-6-4-5-22(17-23)18-25(32)33;1-15(2)14-22-18(24)20(9-11-21-12-10-20)23(19(22)25)13-8-16-4-6-17(26-3)7-5-16;1-12-9(11)6-7-3-2-4-8(10)5-7;;;/h5-11,18,21H,12-17,19-20H2,1-4H3;4-10,17,20H,11-16,18-19H2,1-3H3,(H,32,33);4-7,15,21H,8-14H2,1-3H3;2-5H,6H2,1H3;1H4;;1H2/q;;;;;+1;/p-1. The van der Waals surface area contributed by atoms with Gasteiger partial charge in [0.05, 0.1) is 54.8 Å². The Labute approximate surface area is 692 Å². The van der Waals surface area contributed by atoms with Crippen molar-refractivity contribution in [3.8, 4) is 17.2 Å². The minimum atomic E-state index is -0.863. The first-order valence-corrected chi connectivity index (χ1v) is 39.3. The van der Waals surface area contributed by atoms with E-state index < -0.39 is 22.6 Å². The number of carboxylic acid groups (broad SMARTS) is 1. The van der Waals surface area contributed by atoms with E-state index in [9.17, 15) is 43.2 Å². The Morgan fingerprint density at radius 3 is 1.02 bits per heavy atom. The molecule has 6 aliphatic rings. The maximum absolute atomic E-state index is 13.8. The van der Waals surface area contributed by atoms with Gasteiger partial charge in [-0.3, -0.25) is 43.5 Å². The average Bonchev–Trinajstić information content (AvgIpc) is 1.59. The van der Waals surface area contributed by atoms with Crippen LogP contribution in [0, 0.1) is 17.8 Å². The van der Waals surface area contributed by atoms with Crippen molar-refractivity contribution >= 4 is 81.0 Å². The van der Waals surface area contributed by atoms with Crippen LogP contribution in [0.2, 0.25) is 0 Å². The number of amides is 9. The molecule has 9 amide bonds. The van der Waals surface area contributed by atoms with Crippen LogP contribution in [-0.4, -0.2) is 224 Å². The minimum absolute atomic E-state index is 0. The molecule has 612 valence electrons. The zero-order valence-corrected chi connectivity index (χ0v) is 69.2. The van der Waals surface area contributed by atoms with Gasteiger partial charge in [0.1, 0.15) is 33.9 Å². The first-order chi connectivity index (χ1) is 53.2. The smallest absolute Gasteiger partial charge is 0.870 e. The van der Waals surface area contributed by atoms with E-state index in [1.165, 1.54) is 28.9 Å². The number of imide groups is 3. The van der Waals surface area contributed by atoms with Crippen molar-refractivity contribution in [2.24, 2.45) is 17.8 Å². The monoisotopic (exact) mass is 1630 g/mol. The third-order valence-electron chi connectivity index (χ3n) is 21.4. The summed E-state index contributed by atoms with van der Waals surface area (Å²) in [6, 6.07) is 46.1. The number of anilines is 2. The van der Waals surface area contributed by atoms with Gasteiger partial charge in [0.25, 0.3) is 17.7 Å². The molecule has 3 spiro atoms. The second kappa shape index (κ2) is 43.3. The summed E-state index contributed by atoms with van der Waals surface area (Å²) in [6.45, 7) is 19.1. The Morgan fingerprint density at radius 1 is 0.430 bits per heavy atom. The van der Waals surface area contributed by atoms with Crippen molar-refractivity contribution < 1.29 is 96.3 Å². The van der Waals surface area contributed by atoms with Crippen LogP contribution in [0.5, 0.6) is 17.2 Å². The number of carboxylic acids is 1. The second-order valence-corrected chi connectivity index (χ2v) is 31.3. The second-order valence-electron chi connectivity index (χ2n) is 30.4. The van der Waals surface area contributed by atoms with E-state index in [0.29, 0.717) is 123 Å². The fourth-order valence-corrected chi connectivity index (χ4v) is 16.0. The molecule has 114 heavy (non-hydrogen) atoms. The first-order valence-electron chi connectivity index (χ1n) is 38.5. The van der Waals surface area contributed by atoms with Crippen LogP contribution in [0.4, 0.5) is 25.8 Å². The Bertz CT molecular complexity index is 4180. The summed E-state index contributed by atoms with van der Waals surface area (Å²) in [7, 11) is 7.69. The quantitative estimate of drug-likeness (QED) is 0.0290. The number of nitrogens with one attached hydrogen (secondary N) is 1. The first kappa shape index (κ1) is 93.4. The maximum atomic E-state index is 13.8. The van der Waals surface area contributed by atoms with Crippen molar-refractivity contribution in [2.75, 3.05) is 124 Å². The predicted octanol–water partition coefficient (Wildman–Crippen LogP) is 9.64. The molecule has 0 unspecified atom stereocenters. The molecular weight excluding hydrogens is 1510 g/mol. The summed E-state index contributed by atoms with van der Waals surface area (Å²) >= 11 is 3.32. The van der Waals surface area contributed by atoms with Gasteiger partial charge in [0, 0.05) is 81.3 Å². The zero-order valence-electron chi connectivity index (χ0n) is 67.6. The molecule has 0 bridgehead atoms. The van der Waals surface area contributed by atoms with Gasteiger partial charge in [-0.15, -0.1) is 0 Å². The molecule has 6 saturated heterocycles. The molecule has 3 N–H and O–H groups in total. The van der Waals surface area contributed by atoms with Gasteiger partial charge in [-0.05, 0) is 195 Å². The van der Waals surface area contributed by atoms with Gasteiger partial charge in [-0.2, -0.15) is 0 Å². The van der Waals surface area contributed by atoms with Crippen LogP contribution in [0.15, 0.2) is 150 Å². The molecule has 0 aromatic heterocycles. The predicted molar refractivity (Wildman–Crippen MR) is 438 cm³/mol. The van der Waals surface area contributed by atoms with Gasteiger partial charge < -0.3 is 64.1 Å². The van der Waals surface area contributed by atoms with Crippen LogP contribution < -0.4 is 48.2 Å². The number of halogens is 1. The molecule has 0 radical (unpaired) electrons. The van der Waals surface area contributed by atoms with Crippen molar-refractivity contribution in [3.05, 3.63) is 183 Å². The number of esters is 2. The fourth-order valence-electron chi connectivity index (χ4n) is 15.5. The number of ether oxygens (including phenoxy) is 5. The van der Waals surface area contributed by atoms with E-state index in [1.807, 2.05) is 197 Å². The van der Waals surface area contributed by atoms with E-state index in [2.05, 4.69) is 35.8 Å². The van der Waals surface area contributed by atoms with Gasteiger partial charge in [0.2, 0.25) is 0 Å².